The van der Waals surface area contributed by atoms with Crippen molar-refractivity contribution in [2.24, 2.45) is 5.92 Å². The molecular weight excluding hydrogens is 893 g/mol. The molecule has 0 bridgehead atoms. The number of allylic oxidation sites excluding steroid dienone is 4. The zero-order valence-corrected chi connectivity index (χ0v) is 38.4. The summed E-state index contributed by atoms with van der Waals surface area (Å²) in [5.41, 5.74) is 4.28. The highest BCUT2D eigenvalue weighted by molar-refractivity contribution is 5.99. The number of phenolic OH excluding ortho intramolecular Hbond substituents is 2. The molecule has 352 valence electrons. The van der Waals surface area contributed by atoms with Crippen molar-refractivity contribution in [1.29, 1.82) is 0 Å². The van der Waals surface area contributed by atoms with Gasteiger partial charge in [0.1, 0.15) is 72.8 Å². The van der Waals surface area contributed by atoms with Crippen molar-refractivity contribution >= 4 is 55.0 Å². The van der Waals surface area contributed by atoms with Crippen molar-refractivity contribution in [1.82, 2.24) is 0 Å². The van der Waals surface area contributed by atoms with Crippen LogP contribution in [0, 0.1) is 5.92 Å². The standard InChI is InChI=1S/C61H48O10/c62-47(35-70-59(66)53-29-37-9-1-3-11-39(37)31-57(53)64)33-68-49-23-19-41-25-45(21-17-43(41)27-49)61(55-15-7-5-13-51(55)52-14-6-8-16-56(52)61)46-22-18-44-28-50(24-20-42(44)26-46)69-34-48(63)36-71-60(67)54-30-38-10-2-4-12-40(38)32-58(54)65/h1-32,47-48,51,55,62-65H,33-36H2. The lowest BCUT2D eigenvalue weighted by Gasteiger charge is -2.39. The van der Waals surface area contributed by atoms with Crippen molar-refractivity contribution in [3.8, 4) is 23.0 Å². The van der Waals surface area contributed by atoms with Crippen molar-refractivity contribution in [2.45, 2.75) is 23.5 Å². The van der Waals surface area contributed by atoms with E-state index in [2.05, 4.69) is 85.0 Å². The molecule has 0 radical (unpaired) electrons. The Morgan fingerprint density at radius 1 is 0.465 bits per heavy atom. The smallest absolute Gasteiger partial charge is 0.342 e. The Morgan fingerprint density at radius 3 is 1.41 bits per heavy atom. The van der Waals surface area contributed by atoms with E-state index >= 15 is 0 Å². The van der Waals surface area contributed by atoms with Crippen LogP contribution in [0.25, 0.3) is 43.1 Å². The molecule has 0 heterocycles. The van der Waals surface area contributed by atoms with Crippen LogP contribution in [-0.2, 0) is 14.9 Å². The second kappa shape index (κ2) is 18.8. The summed E-state index contributed by atoms with van der Waals surface area (Å²) in [7, 11) is 0. The number of hydrogen-bond donors (Lipinski definition) is 4. The predicted molar refractivity (Wildman–Crippen MR) is 274 cm³/mol. The third kappa shape index (κ3) is 8.58. The van der Waals surface area contributed by atoms with Gasteiger partial charge in [-0.3, -0.25) is 0 Å². The van der Waals surface area contributed by atoms with Crippen LogP contribution in [0.1, 0.15) is 48.9 Å². The van der Waals surface area contributed by atoms with Crippen LogP contribution in [0.5, 0.6) is 23.0 Å². The molecule has 9 aromatic rings. The molecule has 11 rings (SSSR count). The summed E-state index contributed by atoms with van der Waals surface area (Å²) < 4.78 is 22.7. The fourth-order valence-corrected chi connectivity index (χ4v) is 10.4. The molecular formula is C61H48O10. The quantitative estimate of drug-likeness (QED) is 0.0775. The number of aromatic hydroxyl groups is 2. The van der Waals surface area contributed by atoms with Gasteiger partial charge in [-0.15, -0.1) is 0 Å². The molecule has 0 spiro atoms. The topological polar surface area (TPSA) is 152 Å². The highest BCUT2D eigenvalue weighted by atomic mass is 16.6. The number of aliphatic hydroxyl groups excluding tert-OH is 2. The van der Waals surface area contributed by atoms with Crippen LogP contribution in [0.4, 0.5) is 0 Å². The van der Waals surface area contributed by atoms with Crippen LogP contribution >= 0.6 is 0 Å². The molecule has 0 saturated heterocycles. The molecule has 4 N–H and O–H groups in total. The number of fused-ring (bicyclic) bond motifs is 7. The normalized spacial score (nSPS) is 17.7. The predicted octanol–water partition coefficient (Wildman–Crippen LogP) is 11.1. The van der Waals surface area contributed by atoms with Crippen LogP contribution < -0.4 is 9.47 Å². The molecule has 10 nitrogen and oxygen atoms in total. The Balaban J connectivity index is 0.802. The summed E-state index contributed by atoms with van der Waals surface area (Å²) >= 11 is 0. The first kappa shape index (κ1) is 45.0. The van der Waals surface area contributed by atoms with Gasteiger partial charge in [-0.2, -0.15) is 0 Å². The number of rotatable bonds is 14. The number of esters is 2. The molecule has 9 aromatic carbocycles. The summed E-state index contributed by atoms with van der Waals surface area (Å²) in [6, 6.07) is 54.4. The largest absolute Gasteiger partial charge is 0.507 e. The minimum Gasteiger partial charge on any atom is -0.507 e. The monoisotopic (exact) mass is 940 g/mol. The van der Waals surface area contributed by atoms with E-state index in [9.17, 15) is 30.0 Å². The van der Waals surface area contributed by atoms with E-state index in [-0.39, 0.29) is 60.9 Å². The first-order valence-electron chi connectivity index (χ1n) is 23.5. The maximum absolute atomic E-state index is 12.8. The van der Waals surface area contributed by atoms with Crippen molar-refractivity contribution in [3.05, 3.63) is 228 Å². The fourth-order valence-electron chi connectivity index (χ4n) is 10.4. The summed E-state index contributed by atoms with van der Waals surface area (Å²) in [6.07, 6.45) is 6.68. The van der Waals surface area contributed by atoms with Gasteiger partial charge in [0.05, 0.1) is 5.41 Å². The number of phenols is 2. The Labute approximate surface area is 408 Å². The Bertz CT molecular complexity index is 3400. The van der Waals surface area contributed by atoms with Crippen molar-refractivity contribution in [3.63, 3.8) is 0 Å². The van der Waals surface area contributed by atoms with Gasteiger partial charge in [0.15, 0.2) is 0 Å². The third-order valence-corrected chi connectivity index (χ3v) is 13.8. The molecule has 10 heteroatoms. The van der Waals surface area contributed by atoms with E-state index in [0.29, 0.717) is 11.5 Å². The second-order valence-corrected chi connectivity index (χ2v) is 18.2. The minimum absolute atomic E-state index is 0.0244. The average Bonchev–Trinajstić information content (AvgIpc) is 3.71. The summed E-state index contributed by atoms with van der Waals surface area (Å²) in [5.74, 6) is -0.517. The number of benzene rings is 9. The van der Waals surface area contributed by atoms with E-state index in [0.717, 1.165) is 54.2 Å². The highest BCUT2D eigenvalue weighted by Crippen LogP contribution is 2.60. The van der Waals surface area contributed by atoms with Crippen LogP contribution in [0.2, 0.25) is 0 Å². The summed E-state index contributed by atoms with van der Waals surface area (Å²) in [5, 5.41) is 49.5. The van der Waals surface area contributed by atoms with E-state index in [4.69, 9.17) is 18.9 Å². The van der Waals surface area contributed by atoms with Gasteiger partial charge in [-0.25, -0.2) is 9.59 Å². The Morgan fingerprint density at radius 2 is 0.887 bits per heavy atom. The SMILES string of the molecule is O=C(OCC(O)COc1ccc2cc(C3(c4ccc5cc(OCC(O)COC(=O)c6cc7ccccc7cc6O)ccc5c4)c4ccccc4C4C=CC=CC43)ccc2c1)c1cc2ccccc2cc1O. The molecule has 0 aromatic heterocycles. The maximum Gasteiger partial charge on any atom is 0.342 e. The maximum atomic E-state index is 12.8. The Hall–Kier alpha value is -8.44. The minimum atomic E-state index is -1.11. The number of aliphatic hydroxyl groups is 2. The van der Waals surface area contributed by atoms with E-state index < -0.39 is 29.6 Å². The van der Waals surface area contributed by atoms with E-state index in [1.807, 2.05) is 84.9 Å². The van der Waals surface area contributed by atoms with Gasteiger partial charge in [0, 0.05) is 11.8 Å². The first-order chi connectivity index (χ1) is 34.6. The lowest BCUT2D eigenvalue weighted by Crippen LogP contribution is -2.35. The van der Waals surface area contributed by atoms with Crippen LogP contribution in [0.15, 0.2) is 194 Å². The number of ether oxygens (including phenoxy) is 4. The van der Waals surface area contributed by atoms with E-state index in [1.54, 1.807) is 12.1 Å². The zero-order chi connectivity index (χ0) is 48.6. The van der Waals surface area contributed by atoms with Gasteiger partial charge in [0.25, 0.3) is 0 Å². The van der Waals surface area contributed by atoms with Crippen molar-refractivity contribution in [2.75, 3.05) is 26.4 Å². The number of hydrogen-bond acceptors (Lipinski definition) is 10. The second-order valence-electron chi connectivity index (χ2n) is 18.2. The molecule has 0 amide bonds. The average molecular weight is 941 g/mol. The summed E-state index contributed by atoms with van der Waals surface area (Å²) in [6.45, 7) is -0.850. The Kier molecular flexibility index (Phi) is 11.9. The molecule has 0 aliphatic heterocycles. The van der Waals surface area contributed by atoms with Gasteiger partial charge < -0.3 is 39.4 Å². The fraction of sp³-hybridized carbons (Fsp3) is 0.148. The van der Waals surface area contributed by atoms with Crippen LogP contribution in [-0.4, -0.2) is 71.0 Å². The molecule has 4 unspecified atom stereocenters. The lowest BCUT2D eigenvalue weighted by molar-refractivity contribution is 0.0125. The number of carbonyl (C=O) groups is 2. The van der Waals surface area contributed by atoms with Gasteiger partial charge in [-0.05, 0) is 126 Å². The van der Waals surface area contributed by atoms with Gasteiger partial charge >= 0.3 is 11.9 Å². The molecule has 2 aliphatic rings. The number of carbonyl (C=O) groups excluding carboxylic acids is 2. The molecule has 4 atom stereocenters. The van der Waals surface area contributed by atoms with Gasteiger partial charge in [-0.1, -0.05) is 133 Å². The van der Waals surface area contributed by atoms with Crippen LogP contribution in [0.3, 0.4) is 0 Å². The first-order valence-corrected chi connectivity index (χ1v) is 23.5. The highest BCUT2D eigenvalue weighted by Gasteiger charge is 2.53. The lowest BCUT2D eigenvalue weighted by atomic mass is 9.63. The molecule has 71 heavy (non-hydrogen) atoms. The zero-order valence-electron chi connectivity index (χ0n) is 38.4. The van der Waals surface area contributed by atoms with E-state index in [1.165, 1.54) is 23.3 Å². The van der Waals surface area contributed by atoms with Gasteiger partial charge in [0.2, 0.25) is 0 Å². The molecule has 0 saturated carbocycles. The summed E-state index contributed by atoms with van der Waals surface area (Å²) in [4.78, 5) is 25.7. The molecule has 0 fully saturated rings. The van der Waals surface area contributed by atoms with Crippen molar-refractivity contribution < 1.29 is 49.0 Å². The molecule has 2 aliphatic carbocycles. The third-order valence-electron chi connectivity index (χ3n) is 13.8.